The molecule has 6 nitrogen and oxygen atoms in total. The van der Waals surface area contributed by atoms with Gasteiger partial charge < -0.3 is 14.5 Å². The summed E-state index contributed by atoms with van der Waals surface area (Å²) in [7, 11) is 0. The molecule has 10 heteroatoms. The number of aromatic nitrogens is 3. The van der Waals surface area contributed by atoms with Crippen molar-refractivity contribution in [3.05, 3.63) is 72.0 Å². The Labute approximate surface area is 191 Å². The van der Waals surface area contributed by atoms with E-state index in [4.69, 9.17) is 9.15 Å². The number of fused-ring (bicyclic) bond motifs is 3. The lowest BCUT2D eigenvalue weighted by Gasteiger charge is -2.16. The van der Waals surface area contributed by atoms with E-state index in [9.17, 15) is 13.2 Å². The molecule has 33 heavy (non-hydrogen) atoms. The molecule has 0 saturated carbocycles. The Morgan fingerprint density at radius 2 is 1.88 bits per heavy atom. The molecule has 0 radical (unpaired) electrons. The number of thioether (sulfide) groups is 1. The van der Waals surface area contributed by atoms with Gasteiger partial charge in [-0.1, -0.05) is 49.0 Å². The van der Waals surface area contributed by atoms with Crippen LogP contribution in [-0.2, 0) is 6.18 Å². The molecule has 2 aromatic carbocycles. The van der Waals surface area contributed by atoms with Crippen molar-refractivity contribution in [2.24, 2.45) is 0 Å². The monoisotopic (exact) mass is 470 g/mol. The Balaban J connectivity index is 1.52. The number of para-hydroxylation sites is 1. The summed E-state index contributed by atoms with van der Waals surface area (Å²) >= 11 is 1.44. The number of alkyl halides is 3. The van der Waals surface area contributed by atoms with Gasteiger partial charge in [-0.2, -0.15) is 18.2 Å². The van der Waals surface area contributed by atoms with Gasteiger partial charge in [-0.25, -0.2) is 0 Å². The van der Waals surface area contributed by atoms with Crippen LogP contribution >= 0.6 is 11.8 Å². The second kappa shape index (κ2) is 8.43. The first kappa shape index (κ1) is 21.3. The number of hydrogen-bond acceptors (Lipinski definition) is 7. The Kier molecular flexibility index (Phi) is 5.45. The van der Waals surface area contributed by atoms with E-state index in [1.54, 1.807) is 18.2 Å². The summed E-state index contributed by atoms with van der Waals surface area (Å²) in [6, 6.07) is 15.8. The molecule has 0 spiro atoms. The second-order valence-electron chi connectivity index (χ2n) is 7.15. The van der Waals surface area contributed by atoms with Crippen LogP contribution in [0.5, 0.6) is 5.88 Å². The van der Waals surface area contributed by atoms with Crippen LogP contribution in [0.25, 0.3) is 22.6 Å². The first-order valence-electron chi connectivity index (χ1n) is 10.1. The smallest absolute Gasteiger partial charge is 0.416 e. The molecule has 168 valence electrons. The van der Waals surface area contributed by atoms with Gasteiger partial charge >= 0.3 is 6.18 Å². The van der Waals surface area contributed by atoms with Crippen LogP contribution in [0.15, 0.2) is 70.2 Å². The summed E-state index contributed by atoms with van der Waals surface area (Å²) in [5, 5.41) is 12.2. The van der Waals surface area contributed by atoms with E-state index in [1.165, 1.54) is 17.8 Å². The highest BCUT2D eigenvalue weighted by molar-refractivity contribution is 7.99. The highest BCUT2D eigenvalue weighted by Gasteiger charge is 2.31. The minimum Gasteiger partial charge on any atom is -0.455 e. The van der Waals surface area contributed by atoms with Crippen molar-refractivity contribution < 1.29 is 22.3 Å². The fourth-order valence-corrected chi connectivity index (χ4v) is 3.97. The number of benzene rings is 2. The number of furan rings is 1. The van der Waals surface area contributed by atoms with Crippen LogP contribution in [0.2, 0.25) is 0 Å². The molecule has 1 aliphatic heterocycles. The average Bonchev–Trinajstić information content (AvgIpc) is 3.23. The van der Waals surface area contributed by atoms with Gasteiger partial charge in [-0.3, -0.25) is 0 Å². The van der Waals surface area contributed by atoms with Crippen LogP contribution in [0.1, 0.15) is 24.5 Å². The van der Waals surface area contributed by atoms with Crippen LogP contribution in [0, 0.1) is 0 Å². The number of anilines is 1. The molecule has 0 fully saturated rings. The Morgan fingerprint density at radius 3 is 2.70 bits per heavy atom. The van der Waals surface area contributed by atoms with Crippen molar-refractivity contribution >= 4 is 17.4 Å². The maximum atomic E-state index is 13.1. The van der Waals surface area contributed by atoms with Gasteiger partial charge in [0.1, 0.15) is 5.76 Å². The van der Waals surface area contributed by atoms with Crippen LogP contribution < -0.4 is 10.1 Å². The first-order chi connectivity index (χ1) is 15.9. The third-order valence-electron chi connectivity index (χ3n) is 4.97. The molecule has 1 atom stereocenters. The van der Waals surface area contributed by atoms with E-state index >= 15 is 0 Å². The lowest BCUT2D eigenvalue weighted by atomic mass is 10.1. The fourth-order valence-electron chi connectivity index (χ4n) is 3.46. The van der Waals surface area contributed by atoms with Crippen molar-refractivity contribution in [3.8, 4) is 28.5 Å². The lowest BCUT2D eigenvalue weighted by molar-refractivity contribution is -0.137. The van der Waals surface area contributed by atoms with Gasteiger partial charge in [0.05, 0.1) is 5.56 Å². The van der Waals surface area contributed by atoms with Crippen LogP contribution in [0.3, 0.4) is 0 Å². The van der Waals surface area contributed by atoms with E-state index < -0.39 is 18.0 Å². The average molecular weight is 470 g/mol. The molecule has 3 heterocycles. The molecule has 4 aromatic rings. The molecule has 5 rings (SSSR count). The third kappa shape index (κ3) is 4.25. The van der Waals surface area contributed by atoms with Crippen LogP contribution in [-0.4, -0.2) is 20.9 Å². The van der Waals surface area contributed by atoms with Crippen molar-refractivity contribution in [2.75, 3.05) is 11.1 Å². The molecule has 0 amide bonds. The zero-order valence-electron chi connectivity index (χ0n) is 17.3. The zero-order chi connectivity index (χ0) is 23.0. The molecule has 2 aromatic heterocycles. The summed E-state index contributed by atoms with van der Waals surface area (Å²) in [6.07, 6.45) is -5.21. The second-order valence-corrected chi connectivity index (χ2v) is 8.38. The predicted molar refractivity (Wildman–Crippen MR) is 118 cm³/mol. The predicted octanol–water partition coefficient (Wildman–Crippen LogP) is 6.43. The number of hydrogen-bond donors (Lipinski definition) is 1. The van der Waals surface area contributed by atoms with Gasteiger partial charge in [0.2, 0.25) is 17.3 Å². The number of halogens is 3. The highest BCUT2D eigenvalue weighted by atomic mass is 32.2. The molecular weight excluding hydrogens is 453 g/mol. The Morgan fingerprint density at radius 1 is 1.03 bits per heavy atom. The number of rotatable bonds is 4. The van der Waals surface area contributed by atoms with E-state index in [-0.39, 0.29) is 0 Å². The van der Waals surface area contributed by atoms with Gasteiger partial charge in [-0.05, 0) is 36.1 Å². The van der Waals surface area contributed by atoms with Crippen molar-refractivity contribution in [3.63, 3.8) is 0 Å². The SMILES string of the molecule is CCSc1nnc2c(n1)O[C@H](c1ccc(-c3cccc(C(F)(F)F)c3)o1)Nc1ccccc1-2. The van der Waals surface area contributed by atoms with Gasteiger partial charge in [0.15, 0.2) is 11.5 Å². The van der Waals surface area contributed by atoms with E-state index in [0.717, 1.165) is 29.1 Å². The Bertz CT molecular complexity index is 1310. The number of nitrogens with zero attached hydrogens (tertiary/aromatic N) is 3. The molecule has 0 aliphatic carbocycles. The van der Waals surface area contributed by atoms with Crippen molar-refractivity contribution in [1.82, 2.24) is 15.2 Å². The number of nitrogens with one attached hydrogen (secondary N) is 1. The standard InChI is InChI=1S/C23H17F3N4O2S/c1-2-33-22-28-21-19(29-30-22)15-8-3-4-9-16(15)27-20(32-21)18-11-10-17(31-18)13-6-5-7-14(12-13)23(24,25)26/h3-12,20,27H,2H2,1H3/t20-/m1/s1. The molecule has 1 N–H and O–H groups in total. The Hall–Kier alpha value is -3.53. The van der Waals surface area contributed by atoms with Crippen molar-refractivity contribution in [2.45, 2.75) is 24.5 Å². The van der Waals surface area contributed by atoms with E-state index in [2.05, 4.69) is 20.5 Å². The maximum absolute atomic E-state index is 13.1. The topological polar surface area (TPSA) is 73.1 Å². The zero-order valence-corrected chi connectivity index (χ0v) is 18.1. The quantitative estimate of drug-likeness (QED) is 0.345. The highest BCUT2D eigenvalue weighted by Crippen LogP contribution is 2.40. The largest absolute Gasteiger partial charge is 0.455 e. The third-order valence-corrected chi connectivity index (χ3v) is 5.69. The van der Waals surface area contributed by atoms with Gasteiger partial charge in [0, 0.05) is 16.8 Å². The van der Waals surface area contributed by atoms with E-state index in [1.807, 2.05) is 31.2 Å². The fraction of sp³-hybridized carbons (Fsp3) is 0.174. The minimum atomic E-state index is -4.44. The minimum absolute atomic E-state index is 0.292. The molecular formula is C23H17F3N4O2S. The summed E-state index contributed by atoms with van der Waals surface area (Å²) in [5.41, 5.74) is 1.58. The first-order valence-corrected chi connectivity index (χ1v) is 11.1. The summed E-state index contributed by atoms with van der Waals surface area (Å²) in [6.45, 7) is 1.98. The maximum Gasteiger partial charge on any atom is 0.416 e. The van der Waals surface area contributed by atoms with Crippen molar-refractivity contribution in [1.29, 1.82) is 0 Å². The number of ether oxygens (including phenoxy) is 1. The van der Waals surface area contributed by atoms with Gasteiger partial charge in [0.25, 0.3) is 0 Å². The summed E-state index contributed by atoms with van der Waals surface area (Å²) in [4.78, 5) is 4.50. The summed E-state index contributed by atoms with van der Waals surface area (Å²) < 4.78 is 51.4. The normalized spacial score (nSPS) is 15.1. The molecule has 0 saturated heterocycles. The van der Waals surface area contributed by atoms with Crippen LogP contribution in [0.4, 0.5) is 18.9 Å². The van der Waals surface area contributed by atoms with Gasteiger partial charge in [-0.15, -0.1) is 10.2 Å². The molecule has 1 aliphatic rings. The summed E-state index contributed by atoms with van der Waals surface area (Å²) in [5.74, 6) is 1.74. The molecule has 0 bridgehead atoms. The molecule has 0 unspecified atom stereocenters. The van der Waals surface area contributed by atoms with E-state index in [0.29, 0.717) is 33.8 Å². The lowest BCUT2D eigenvalue weighted by Crippen LogP contribution is -2.16.